The van der Waals surface area contributed by atoms with Gasteiger partial charge in [0.15, 0.2) is 0 Å². The highest BCUT2D eigenvalue weighted by molar-refractivity contribution is 7.07. The number of carbonyl (C=O) groups excluding carboxylic acids is 1. The van der Waals surface area contributed by atoms with E-state index in [9.17, 15) is 4.79 Å². The maximum Gasteiger partial charge on any atom is 0.317 e. The quantitative estimate of drug-likeness (QED) is 0.798. The summed E-state index contributed by atoms with van der Waals surface area (Å²) in [6, 6.07) is 2.55. The van der Waals surface area contributed by atoms with Crippen LogP contribution in [0.2, 0.25) is 0 Å². The van der Waals surface area contributed by atoms with E-state index in [1.165, 1.54) is 18.4 Å². The minimum atomic E-state index is 0.00574. The Morgan fingerprint density at radius 3 is 3.14 bits per heavy atom. The number of likely N-dealkylation sites (N-methyl/N-ethyl adjacent to an activating group) is 1. The molecule has 0 radical (unpaired) electrons. The zero-order valence-corrected chi connectivity index (χ0v) is 14.4. The highest BCUT2D eigenvalue weighted by Gasteiger charge is 2.24. The van der Waals surface area contributed by atoms with Gasteiger partial charge in [0.2, 0.25) is 0 Å². The van der Waals surface area contributed by atoms with Crippen LogP contribution in [0.25, 0.3) is 0 Å². The monoisotopic (exact) mass is 325 g/mol. The van der Waals surface area contributed by atoms with Crippen molar-refractivity contribution in [2.45, 2.75) is 32.4 Å². The fourth-order valence-corrected chi connectivity index (χ4v) is 3.58. The van der Waals surface area contributed by atoms with Crippen molar-refractivity contribution in [3.63, 3.8) is 0 Å². The fraction of sp³-hybridized carbons (Fsp3) is 0.688. The van der Waals surface area contributed by atoms with Crippen LogP contribution >= 0.6 is 11.3 Å². The van der Waals surface area contributed by atoms with Gasteiger partial charge in [0.05, 0.1) is 6.61 Å². The number of amides is 2. The molecule has 1 aromatic rings. The predicted octanol–water partition coefficient (Wildman–Crippen LogP) is 2.39. The van der Waals surface area contributed by atoms with Crippen LogP contribution in [0.15, 0.2) is 16.8 Å². The molecule has 0 saturated carbocycles. The van der Waals surface area contributed by atoms with Gasteiger partial charge in [0, 0.05) is 32.8 Å². The summed E-state index contributed by atoms with van der Waals surface area (Å²) < 4.78 is 5.13. The Hall–Kier alpha value is -1.11. The van der Waals surface area contributed by atoms with E-state index in [2.05, 4.69) is 28.6 Å². The molecule has 2 heterocycles. The smallest absolute Gasteiger partial charge is 0.317 e. The second-order valence-corrected chi connectivity index (χ2v) is 6.44. The lowest BCUT2D eigenvalue weighted by molar-refractivity contribution is 0.144. The number of rotatable bonds is 8. The lowest BCUT2D eigenvalue weighted by Gasteiger charge is -2.26. The van der Waals surface area contributed by atoms with Crippen LogP contribution in [0.3, 0.4) is 0 Å². The lowest BCUT2D eigenvalue weighted by atomic mass is 10.2. The Balaban J connectivity index is 1.84. The Kier molecular flexibility index (Phi) is 7.15. The van der Waals surface area contributed by atoms with Gasteiger partial charge in [-0.3, -0.25) is 4.90 Å². The maximum atomic E-state index is 12.5. The molecular formula is C16H27N3O2S. The molecule has 0 unspecified atom stereocenters. The van der Waals surface area contributed by atoms with E-state index in [1.807, 2.05) is 10.3 Å². The molecule has 1 aliphatic rings. The van der Waals surface area contributed by atoms with Gasteiger partial charge in [0.25, 0.3) is 0 Å². The molecule has 6 heteroatoms. The van der Waals surface area contributed by atoms with Crippen LogP contribution in [-0.2, 0) is 11.3 Å². The molecule has 1 N–H and O–H groups in total. The standard InChI is InChI=1S/C16H27N3O2S/c1-3-18-7-4-5-15(18)11-17-16(20)19(8-9-21-2)12-14-6-10-22-13-14/h6,10,13,15H,3-5,7-9,11-12H2,1-2H3,(H,17,20)/t15-/m0/s1. The lowest BCUT2D eigenvalue weighted by Crippen LogP contribution is -2.46. The first kappa shape index (κ1) is 17.2. The van der Waals surface area contributed by atoms with Crippen LogP contribution in [0, 0.1) is 0 Å². The van der Waals surface area contributed by atoms with Gasteiger partial charge in [-0.25, -0.2) is 4.79 Å². The maximum absolute atomic E-state index is 12.5. The topological polar surface area (TPSA) is 44.8 Å². The van der Waals surface area contributed by atoms with Crippen molar-refractivity contribution >= 4 is 17.4 Å². The number of hydrogen-bond acceptors (Lipinski definition) is 4. The first-order valence-electron chi connectivity index (χ1n) is 8.01. The average Bonchev–Trinajstić information content (AvgIpc) is 3.19. The van der Waals surface area contributed by atoms with Gasteiger partial charge in [-0.15, -0.1) is 0 Å². The van der Waals surface area contributed by atoms with Gasteiger partial charge >= 0.3 is 6.03 Å². The van der Waals surface area contributed by atoms with Crippen molar-refractivity contribution in [2.75, 3.05) is 39.9 Å². The number of thiophene rings is 1. The van der Waals surface area contributed by atoms with E-state index in [0.29, 0.717) is 25.7 Å². The van der Waals surface area contributed by atoms with E-state index in [1.54, 1.807) is 18.4 Å². The predicted molar refractivity (Wildman–Crippen MR) is 90.3 cm³/mol. The molecule has 0 aliphatic carbocycles. The van der Waals surface area contributed by atoms with Crippen LogP contribution in [0.5, 0.6) is 0 Å². The van der Waals surface area contributed by atoms with E-state index in [4.69, 9.17) is 4.74 Å². The summed E-state index contributed by atoms with van der Waals surface area (Å²) in [7, 11) is 1.67. The van der Waals surface area contributed by atoms with Crippen molar-refractivity contribution in [3.05, 3.63) is 22.4 Å². The van der Waals surface area contributed by atoms with Gasteiger partial charge in [-0.2, -0.15) is 11.3 Å². The summed E-state index contributed by atoms with van der Waals surface area (Å²) in [6.07, 6.45) is 2.41. The summed E-state index contributed by atoms with van der Waals surface area (Å²) in [5.41, 5.74) is 1.17. The summed E-state index contributed by atoms with van der Waals surface area (Å²) >= 11 is 1.66. The largest absolute Gasteiger partial charge is 0.383 e. The molecule has 1 atom stereocenters. The molecule has 2 rings (SSSR count). The number of hydrogen-bond donors (Lipinski definition) is 1. The molecule has 0 bridgehead atoms. The number of nitrogens with one attached hydrogen (secondary N) is 1. The van der Waals surface area contributed by atoms with Crippen molar-refractivity contribution in [1.29, 1.82) is 0 Å². The second kappa shape index (κ2) is 9.12. The summed E-state index contributed by atoms with van der Waals surface area (Å²) in [6.45, 7) is 6.94. The van der Waals surface area contributed by atoms with Crippen LogP contribution in [0.1, 0.15) is 25.3 Å². The minimum absolute atomic E-state index is 0.00574. The molecule has 1 aromatic heterocycles. The van der Waals surface area contributed by atoms with Gasteiger partial charge in [0.1, 0.15) is 0 Å². The number of methoxy groups -OCH3 is 1. The molecule has 0 spiro atoms. The van der Waals surface area contributed by atoms with Crippen LogP contribution in [0.4, 0.5) is 4.79 Å². The molecular weight excluding hydrogens is 298 g/mol. The fourth-order valence-electron chi connectivity index (χ4n) is 2.92. The molecule has 22 heavy (non-hydrogen) atoms. The van der Waals surface area contributed by atoms with E-state index in [0.717, 1.165) is 19.6 Å². The van der Waals surface area contributed by atoms with Gasteiger partial charge < -0.3 is 15.0 Å². The molecule has 5 nitrogen and oxygen atoms in total. The SMILES string of the molecule is CCN1CCC[C@H]1CNC(=O)N(CCOC)Cc1ccsc1. The van der Waals surface area contributed by atoms with Crippen molar-refractivity contribution in [2.24, 2.45) is 0 Å². The summed E-state index contributed by atoms with van der Waals surface area (Å²) in [5, 5.41) is 7.23. The molecule has 1 aliphatic heterocycles. The zero-order chi connectivity index (χ0) is 15.8. The van der Waals surface area contributed by atoms with Crippen molar-refractivity contribution in [3.8, 4) is 0 Å². The van der Waals surface area contributed by atoms with Crippen LogP contribution < -0.4 is 5.32 Å². The number of urea groups is 1. The van der Waals surface area contributed by atoms with E-state index < -0.39 is 0 Å². The molecule has 124 valence electrons. The minimum Gasteiger partial charge on any atom is -0.383 e. The summed E-state index contributed by atoms with van der Waals surface area (Å²) in [4.78, 5) is 16.7. The Bertz CT molecular complexity index is 439. The van der Waals surface area contributed by atoms with Gasteiger partial charge in [-0.05, 0) is 48.3 Å². The summed E-state index contributed by atoms with van der Waals surface area (Å²) in [5.74, 6) is 0. The van der Waals surface area contributed by atoms with E-state index in [-0.39, 0.29) is 6.03 Å². The number of ether oxygens (including phenoxy) is 1. The molecule has 1 saturated heterocycles. The molecule has 0 aromatic carbocycles. The number of likely N-dealkylation sites (tertiary alicyclic amines) is 1. The highest BCUT2D eigenvalue weighted by atomic mass is 32.1. The van der Waals surface area contributed by atoms with Gasteiger partial charge in [-0.1, -0.05) is 6.92 Å². The van der Waals surface area contributed by atoms with Crippen LogP contribution in [-0.4, -0.2) is 61.8 Å². The average molecular weight is 325 g/mol. The highest BCUT2D eigenvalue weighted by Crippen LogP contribution is 2.16. The zero-order valence-electron chi connectivity index (χ0n) is 13.6. The van der Waals surface area contributed by atoms with Crippen molar-refractivity contribution in [1.82, 2.24) is 15.1 Å². The second-order valence-electron chi connectivity index (χ2n) is 5.66. The third-order valence-corrected chi connectivity index (χ3v) is 4.93. The normalized spacial score (nSPS) is 18.5. The third-order valence-electron chi connectivity index (χ3n) is 4.20. The Morgan fingerprint density at radius 2 is 2.45 bits per heavy atom. The first-order valence-corrected chi connectivity index (χ1v) is 8.95. The van der Waals surface area contributed by atoms with Crippen molar-refractivity contribution < 1.29 is 9.53 Å². The third kappa shape index (κ3) is 4.97. The number of nitrogens with zero attached hydrogens (tertiary/aromatic N) is 2. The Morgan fingerprint density at radius 1 is 1.59 bits per heavy atom. The number of carbonyl (C=O) groups is 1. The first-order chi connectivity index (χ1) is 10.7. The van der Waals surface area contributed by atoms with E-state index >= 15 is 0 Å². The Labute approximate surface area is 137 Å². The molecule has 2 amide bonds. The molecule has 1 fully saturated rings.